The molecule has 0 aromatic heterocycles. The highest BCUT2D eigenvalue weighted by Crippen LogP contribution is 2.34. The Labute approximate surface area is 135 Å². The predicted molar refractivity (Wildman–Crippen MR) is 82.0 cm³/mol. The molecule has 1 aliphatic rings. The Morgan fingerprint density at radius 2 is 1.83 bits per heavy atom. The number of fused-ring (bicyclic) bond motifs is 1. The molecular weight excluding hydrogens is 316 g/mol. The van der Waals surface area contributed by atoms with E-state index in [1.165, 1.54) is 49.6 Å². The standard InChI is InChI=1S/C16H10N2O6/c1-24-16(21)9-4-2-5-10(8-9)17-14(19)11-6-3-7-12(18(22)23)13(11)15(17)20/h2-8H,1H3. The van der Waals surface area contributed by atoms with Crippen molar-refractivity contribution >= 4 is 29.2 Å². The number of benzene rings is 2. The maximum atomic E-state index is 12.6. The molecule has 0 fully saturated rings. The molecule has 8 heteroatoms. The third-order valence-corrected chi connectivity index (χ3v) is 3.62. The van der Waals surface area contributed by atoms with Crippen molar-refractivity contribution in [1.29, 1.82) is 0 Å². The smallest absolute Gasteiger partial charge is 0.337 e. The molecule has 0 spiro atoms. The zero-order valence-corrected chi connectivity index (χ0v) is 12.4. The summed E-state index contributed by atoms with van der Waals surface area (Å²) in [6, 6.07) is 9.59. The lowest BCUT2D eigenvalue weighted by atomic mass is 10.1. The third kappa shape index (κ3) is 2.21. The summed E-state index contributed by atoms with van der Waals surface area (Å²) < 4.78 is 4.60. The molecule has 1 aliphatic heterocycles. The van der Waals surface area contributed by atoms with Crippen LogP contribution in [0.2, 0.25) is 0 Å². The van der Waals surface area contributed by atoms with E-state index in [1.54, 1.807) is 0 Å². The normalized spacial score (nSPS) is 13.0. The molecule has 2 aromatic rings. The van der Waals surface area contributed by atoms with Crippen LogP contribution >= 0.6 is 0 Å². The summed E-state index contributed by atoms with van der Waals surface area (Å²) in [5, 5.41) is 11.1. The fourth-order valence-electron chi connectivity index (χ4n) is 2.54. The van der Waals surface area contributed by atoms with Gasteiger partial charge in [-0.25, -0.2) is 9.69 Å². The number of nitrogens with zero attached hydrogens (tertiary/aromatic N) is 2. The summed E-state index contributed by atoms with van der Waals surface area (Å²) in [6.07, 6.45) is 0. The van der Waals surface area contributed by atoms with Gasteiger partial charge < -0.3 is 4.74 Å². The van der Waals surface area contributed by atoms with Crippen LogP contribution in [0.1, 0.15) is 31.1 Å². The average Bonchev–Trinajstić information content (AvgIpc) is 2.85. The first-order chi connectivity index (χ1) is 11.5. The largest absolute Gasteiger partial charge is 0.465 e. The first-order valence-corrected chi connectivity index (χ1v) is 6.80. The van der Waals surface area contributed by atoms with Crippen molar-refractivity contribution in [2.24, 2.45) is 0 Å². The van der Waals surface area contributed by atoms with Gasteiger partial charge >= 0.3 is 5.97 Å². The van der Waals surface area contributed by atoms with Gasteiger partial charge in [-0.1, -0.05) is 12.1 Å². The maximum Gasteiger partial charge on any atom is 0.337 e. The van der Waals surface area contributed by atoms with E-state index in [-0.39, 0.29) is 22.4 Å². The summed E-state index contributed by atoms with van der Waals surface area (Å²) in [4.78, 5) is 47.9. The van der Waals surface area contributed by atoms with Gasteiger partial charge in [0.1, 0.15) is 5.56 Å². The topological polar surface area (TPSA) is 107 Å². The van der Waals surface area contributed by atoms with Crippen molar-refractivity contribution in [3.8, 4) is 0 Å². The summed E-state index contributed by atoms with van der Waals surface area (Å²) >= 11 is 0. The van der Waals surface area contributed by atoms with Crippen LogP contribution in [0.5, 0.6) is 0 Å². The summed E-state index contributed by atoms with van der Waals surface area (Å²) in [5.41, 5.74) is -0.439. The molecule has 0 atom stereocenters. The van der Waals surface area contributed by atoms with Crippen LogP contribution in [0.15, 0.2) is 42.5 Å². The van der Waals surface area contributed by atoms with Gasteiger partial charge in [0.2, 0.25) is 0 Å². The lowest BCUT2D eigenvalue weighted by molar-refractivity contribution is -0.385. The molecule has 0 saturated carbocycles. The molecule has 2 amide bonds. The van der Waals surface area contributed by atoms with Gasteiger partial charge in [0.25, 0.3) is 17.5 Å². The van der Waals surface area contributed by atoms with E-state index in [1.807, 2.05) is 0 Å². The van der Waals surface area contributed by atoms with Crippen molar-refractivity contribution in [3.05, 3.63) is 69.3 Å². The van der Waals surface area contributed by atoms with E-state index in [0.717, 1.165) is 4.90 Å². The zero-order chi connectivity index (χ0) is 17.4. The van der Waals surface area contributed by atoms with Crippen LogP contribution in [0.4, 0.5) is 11.4 Å². The maximum absolute atomic E-state index is 12.6. The number of nitro groups is 1. The molecule has 0 aliphatic carbocycles. The van der Waals surface area contributed by atoms with Crippen LogP contribution in [-0.4, -0.2) is 29.8 Å². The molecule has 3 rings (SSSR count). The molecule has 0 bridgehead atoms. The van der Waals surface area contributed by atoms with Crippen LogP contribution in [0.25, 0.3) is 0 Å². The monoisotopic (exact) mass is 326 g/mol. The highest BCUT2D eigenvalue weighted by Gasteiger charge is 2.41. The minimum absolute atomic E-state index is 0.0438. The quantitative estimate of drug-likeness (QED) is 0.370. The molecule has 2 aromatic carbocycles. The van der Waals surface area contributed by atoms with Gasteiger partial charge in [0.15, 0.2) is 0 Å². The molecular formula is C16H10N2O6. The summed E-state index contributed by atoms with van der Waals surface area (Å²) in [5.74, 6) is -2.11. The van der Waals surface area contributed by atoms with E-state index in [0.29, 0.717) is 0 Å². The van der Waals surface area contributed by atoms with E-state index in [2.05, 4.69) is 4.74 Å². The van der Waals surface area contributed by atoms with E-state index < -0.39 is 28.4 Å². The average molecular weight is 326 g/mol. The number of imide groups is 1. The Bertz CT molecular complexity index is 905. The second kappa shape index (κ2) is 5.58. The Kier molecular flexibility index (Phi) is 3.57. The van der Waals surface area contributed by atoms with Crippen LogP contribution in [0.3, 0.4) is 0 Å². The highest BCUT2D eigenvalue weighted by molar-refractivity contribution is 6.35. The minimum Gasteiger partial charge on any atom is -0.465 e. The number of esters is 1. The van der Waals surface area contributed by atoms with Crippen molar-refractivity contribution < 1.29 is 24.0 Å². The molecule has 1 heterocycles. The summed E-state index contributed by atoms with van der Waals surface area (Å²) in [6.45, 7) is 0. The number of amides is 2. The van der Waals surface area contributed by atoms with Crippen molar-refractivity contribution in [3.63, 3.8) is 0 Å². The number of ether oxygens (including phenoxy) is 1. The lowest BCUT2D eigenvalue weighted by Gasteiger charge is -2.14. The lowest BCUT2D eigenvalue weighted by Crippen LogP contribution is -2.29. The molecule has 0 N–H and O–H groups in total. The number of hydrogen-bond acceptors (Lipinski definition) is 6. The van der Waals surface area contributed by atoms with Crippen molar-refractivity contribution in [1.82, 2.24) is 0 Å². The van der Waals surface area contributed by atoms with Gasteiger partial charge in [-0.2, -0.15) is 0 Å². The number of rotatable bonds is 3. The molecule has 24 heavy (non-hydrogen) atoms. The number of carbonyl (C=O) groups excluding carboxylic acids is 3. The van der Waals surface area contributed by atoms with Gasteiger partial charge in [0.05, 0.1) is 28.8 Å². The Morgan fingerprint density at radius 1 is 1.12 bits per heavy atom. The number of anilines is 1. The first-order valence-electron chi connectivity index (χ1n) is 6.80. The molecule has 0 unspecified atom stereocenters. The summed E-state index contributed by atoms with van der Waals surface area (Å²) in [7, 11) is 1.21. The molecule has 120 valence electrons. The fraction of sp³-hybridized carbons (Fsp3) is 0.0625. The number of methoxy groups -OCH3 is 1. The Morgan fingerprint density at radius 3 is 2.50 bits per heavy atom. The Hall–Kier alpha value is -3.55. The van der Waals surface area contributed by atoms with E-state index in [4.69, 9.17) is 0 Å². The zero-order valence-electron chi connectivity index (χ0n) is 12.4. The van der Waals surface area contributed by atoms with Gasteiger partial charge in [-0.05, 0) is 24.3 Å². The van der Waals surface area contributed by atoms with Crippen molar-refractivity contribution in [2.75, 3.05) is 12.0 Å². The van der Waals surface area contributed by atoms with Crippen LogP contribution < -0.4 is 4.90 Å². The van der Waals surface area contributed by atoms with E-state index in [9.17, 15) is 24.5 Å². The van der Waals surface area contributed by atoms with Gasteiger partial charge in [-0.15, -0.1) is 0 Å². The van der Waals surface area contributed by atoms with E-state index >= 15 is 0 Å². The molecule has 0 saturated heterocycles. The SMILES string of the molecule is COC(=O)c1cccc(N2C(=O)c3cccc([N+](=O)[O-])c3C2=O)c1. The predicted octanol–water partition coefficient (Wildman–Crippen LogP) is 2.18. The van der Waals surface area contributed by atoms with Crippen LogP contribution in [-0.2, 0) is 4.74 Å². The molecule has 0 radical (unpaired) electrons. The number of carbonyl (C=O) groups is 3. The fourth-order valence-corrected chi connectivity index (χ4v) is 2.54. The second-order valence-electron chi connectivity index (χ2n) is 4.94. The third-order valence-electron chi connectivity index (χ3n) is 3.62. The van der Waals surface area contributed by atoms with Crippen LogP contribution in [0, 0.1) is 10.1 Å². The Balaban J connectivity index is 2.11. The second-order valence-corrected chi connectivity index (χ2v) is 4.94. The van der Waals surface area contributed by atoms with Gasteiger partial charge in [0, 0.05) is 6.07 Å². The minimum atomic E-state index is -0.802. The first kappa shape index (κ1) is 15.3. The van der Waals surface area contributed by atoms with Gasteiger partial charge in [-0.3, -0.25) is 19.7 Å². The number of nitro benzene ring substituents is 1. The highest BCUT2D eigenvalue weighted by atomic mass is 16.6. The molecule has 8 nitrogen and oxygen atoms in total. The van der Waals surface area contributed by atoms with Crippen molar-refractivity contribution in [2.45, 2.75) is 0 Å². The number of hydrogen-bond donors (Lipinski definition) is 0.